The van der Waals surface area contributed by atoms with E-state index in [-0.39, 0.29) is 11.2 Å². The van der Waals surface area contributed by atoms with Gasteiger partial charge in [-0.3, -0.25) is 0 Å². The zero-order chi connectivity index (χ0) is 18.4. The van der Waals surface area contributed by atoms with Gasteiger partial charge in [-0.05, 0) is 39.3 Å². The highest BCUT2D eigenvalue weighted by atomic mass is 16.7. The molecule has 0 radical (unpaired) electrons. The molecule has 26 heavy (non-hydrogen) atoms. The van der Waals surface area contributed by atoms with Crippen molar-refractivity contribution < 1.29 is 18.8 Å². The van der Waals surface area contributed by atoms with Gasteiger partial charge in [0.25, 0.3) is 0 Å². The predicted molar refractivity (Wildman–Crippen MR) is 102 cm³/mol. The Hall–Kier alpha value is -1.98. The van der Waals surface area contributed by atoms with Crippen molar-refractivity contribution in [2.45, 2.75) is 51.9 Å². The Kier molecular flexibility index (Phi) is 4.24. The van der Waals surface area contributed by atoms with E-state index in [0.29, 0.717) is 13.2 Å². The van der Waals surface area contributed by atoms with Crippen molar-refractivity contribution in [1.29, 1.82) is 0 Å². The Bertz CT molecular complexity index is 785. The summed E-state index contributed by atoms with van der Waals surface area (Å²) in [5.74, 6) is 1.73. The van der Waals surface area contributed by atoms with Gasteiger partial charge in [0.05, 0.1) is 17.8 Å². The summed E-state index contributed by atoms with van der Waals surface area (Å²) in [6.07, 6.45) is 0.840. The summed E-state index contributed by atoms with van der Waals surface area (Å²) in [4.78, 5) is 0. The lowest BCUT2D eigenvalue weighted by Gasteiger charge is -2.32. The summed E-state index contributed by atoms with van der Waals surface area (Å²) < 4.78 is 24.5. The van der Waals surface area contributed by atoms with E-state index < -0.39 is 7.12 Å². The minimum atomic E-state index is -0.448. The summed E-state index contributed by atoms with van der Waals surface area (Å²) in [6.45, 7) is 9.44. The van der Waals surface area contributed by atoms with Crippen LogP contribution in [0.3, 0.4) is 0 Å². The molecule has 1 saturated heterocycles. The molecule has 0 bridgehead atoms. The molecule has 0 N–H and O–H groups in total. The molecule has 2 aromatic carbocycles. The molecule has 0 saturated carbocycles. The third-order valence-corrected chi connectivity index (χ3v) is 5.59. The van der Waals surface area contributed by atoms with Gasteiger partial charge >= 0.3 is 7.12 Å². The summed E-state index contributed by atoms with van der Waals surface area (Å²) in [5, 5.41) is 0. The van der Waals surface area contributed by atoms with E-state index in [1.54, 1.807) is 0 Å². The van der Waals surface area contributed by atoms with Crippen molar-refractivity contribution in [1.82, 2.24) is 0 Å². The molecule has 0 spiro atoms. The number of ether oxygens (including phenoxy) is 2. The first kappa shape index (κ1) is 17.4. The van der Waals surface area contributed by atoms with Crippen LogP contribution < -0.4 is 14.9 Å². The highest BCUT2D eigenvalue weighted by Crippen LogP contribution is 2.39. The van der Waals surface area contributed by atoms with Crippen LogP contribution in [0.1, 0.15) is 38.8 Å². The monoisotopic (exact) mass is 352 g/mol. The molecule has 0 amide bonds. The molecule has 5 heteroatoms. The van der Waals surface area contributed by atoms with Crippen LogP contribution in [0.5, 0.6) is 11.5 Å². The first-order chi connectivity index (χ1) is 12.4. The summed E-state index contributed by atoms with van der Waals surface area (Å²) in [5.41, 5.74) is 2.40. The Morgan fingerprint density at radius 2 is 1.65 bits per heavy atom. The molecule has 2 aromatic rings. The van der Waals surface area contributed by atoms with Gasteiger partial charge in [-0.1, -0.05) is 36.4 Å². The molecule has 1 fully saturated rings. The average Bonchev–Trinajstić information content (AvgIpc) is 3.15. The lowest BCUT2D eigenvalue weighted by molar-refractivity contribution is 0.00578. The van der Waals surface area contributed by atoms with E-state index in [2.05, 4.69) is 39.8 Å². The quantitative estimate of drug-likeness (QED) is 0.790. The third-order valence-electron chi connectivity index (χ3n) is 5.59. The van der Waals surface area contributed by atoms with Gasteiger partial charge in [0, 0.05) is 17.4 Å². The predicted octanol–water partition coefficient (Wildman–Crippen LogP) is 3.50. The maximum absolute atomic E-state index is 6.27. The van der Waals surface area contributed by atoms with Crippen molar-refractivity contribution in [2.24, 2.45) is 0 Å². The normalized spacial score (nSPS) is 19.9. The van der Waals surface area contributed by atoms with E-state index in [1.165, 1.54) is 0 Å². The van der Waals surface area contributed by atoms with Gasteiger partial charge in [-0.25, -0.2) is 0 Å². The molecule has 4 rings (SSSR count). The van der Waals surface area contributed by atoms with Gasteiger partial charge in [-0.2, -0.15) is 0 Å². The third kappa shape index (κ3) is 2.99. The van der Waals surface area contributed by atoms with E-state index in [4.69, 9.17) is 18.8 Å². The topological polar surface area (TPSA) is 36.9 Å². The average molecular weight is 352 g/mol. The molecule has 4 nitrogen and oxygen atoms in total. The van der Waals surface area contributed by atoms with Crippen LogP contribution >= 0.6 is 0 Å². The molecule has 0 aliphatic carbocycles. The van der Waals surface area contributed by atoms with Gasteiger partial charge in [0.15, 0.2) is 0 Å². The smallest absolute Gasteiger partial charge is 0.493 e. The van der Waals surface area contributed by atoms with Gasteiger partial charge in [0.2, 0.25) is 0 Å². The number of hydrogen-bond acceptors (Lipinski definition) is 4. The molecule has 2 heterocycles. The van der Waals surface area contributed by atoms with Crippen molar-refractivity contribution >= 4 is 12.6 Å². The maximum atomic E-state index is 6.27. The Balaban J connectivity index is 1.67. The SMILES string of the molecule is CC1(C)OB(c2ccc3c(c2OCc2ccccc2)CCO3)OC1(C)C. The Labute approximate surface area is 155 Å². The minimum Gasteiger partial charge on any atom is -0.493 e. The van der Waals surface area contributed by atoms with Crippen molar-refractivity contribution in [3.63, 3.8) is 0 Å². The molecule has 0 unspecified atom stereocenters. The van der Waals surface area contributed by atoms with Gasteiger partial charge < -0.3 is 18.8 Å². The molecule has 0 atom stereocenters. The zero-order valence-electron chi connectivity index (χ0n) is 15.9. The lowest BCUT2D eigenvalue weighted by atomic mass is 9.77. The second-order valence-electron chi connectivity index (χ2n) is 7.92. The van der Waals surface area contributed by atoms with E-state index in [0.717, 1.165) is 34.5 Å². The van der Waals surface area contributed by atoms with Crippen LogP contribution in [0.2, 0.25) is 0 Å². The standard InChI is InChI=1S/C21H25BO4/c1-20(2)21(3,4)26-22(25-20)17-10-11-18-16(12-13-23-18)19(17)24-14-15-8-6-5-7-9-15/h5-11H,12-14H2,1-4H3. The van der Waals surface area contributed by atoms with Gasteiger partial charge in [0.1, 0.15) is 18.1 Å². The molecular weight excluding hydrogens is 327 g/mol. The molecule has 2 aliphatic heterocycles. The van der Waals surface area contributed by atoms with Crippen LogP contribution in [-0.2, 0) is 22.3 Å². The fourth-order valence-electron chi connectivity index (χ4n) is 3.32. The van der Waals surface area contributed by atoms with E-state index in [9.17, 15) is 0 Å². The van der Waals surface area contributed by atoms with Crippen molar-refractivity contribution in [3.05, 3.63) is 53.6 Å². The maximum Gasteiger partial charge on any atom is 0.498 e. The lowest BCUT2D eigenvalue weighted by Crippen LogP contribution is -2.41. The second-order valence-corrected chi connectivity index (χ2v) is 7.92. The number of fused-ring (bicyclic) bond motifs is 1. The fourth-order valence-corrected chi connectivity index (χ4v) is 3.32. The summed E-state index contributed by atoms with van der Waals surface area (Å²) in [6, 6.07) is 14.2. The minimum absolute atomic E-state index is 0.385. The second kappa shape index (κ2) is 6.32. The van der Waals surface area contributed by atoms with Crippen molar-refractivity contribution in [2.75, 3.05) is 6.61 Å². The van der Waals surface area contributed by atoms with Crippen LogP contribution in [0, 0.1) is 0 Å². The van der Waals surface area contributed by atoms with Crippen LogP contribution in [0.25, 0.3) is 0 Å². The van der Waals surface area contributed by atoms with E-state index >= 15 is 0 Å². The van der Waals surface area contributed by atoms with Crippen LogP contribution in [0.4, 0.5) is 0 Å². The summed E-state index contributed by atoms with van der Waals surface area (Å²) >= 11 is 0. The number of hydrogen-bond donors (Lipinski definition) is 0. The molecule has 2 aliphatic rings. The van der Waals surface area contributed by atoms with Crippen molar-refractivity contribution in [3.8, 4) is 11.5 Å². The van der Waals surface area contributed by atoms with E-state index in [1.807, 2.05) is 30.3 Å². The van der Waals surface area contributed by atoms with Gasteiger partial charge in [-0.15, -0.1) is 0 Å². The molecular formula is C21H25BO4. The molecule has 136 valence electrons. The molecule has 0 aromatic heterocycles. The number of benzene rings is 2. The highest BCUT2D eigenvalue weighted by molar-refractivity contribution is 6.63. The van der Waals surface area contributed by atoms with Crippen LogP contribution in [-0.4, -0.2) is 24.9 Å². The largest absolute Gasteiger partial charge is 0.498 e. The first-order valence-electron chi connectivity index (χ1n) is 9.18. The van der Waals surface area contributed by atoms with Crippen LogP contribution in [0.15, 0.2) is 42.5 Å². The number of rotatable bonds is 4. The Morgan fingerprint density at radius 3 is 2.35 bits per heavy atom. The zero-order valence-corrected chi connectivity index (χ0v) is 15.9. The Morgan fingerprint density at radius 1 is 0.962 bits per heavy atom. The first-order valence-corrected chi connectivity index (χ1v) is 9.18. The summed E-state index contributed by atoms with van der Waals surface area (Å²) in [7, 11) is -0.448. The highest BCUT2D eigenvalue weighted by Gasteiger charge is 2.52. The fraction of sp³-hybridized carbons (Fsp3) is 0.429.